The van der Waals surface area contributed by atoms with Crippen LogP contribution in [0.5, 0.6) is 28.7 Å². The van der Waals surface area contributed by atoms with Crippen LogP contribution in [-0.2, 0) is 0 Å². The fraction of sp³-hybridized carbons (Fsp3) is 0.143. The maximum Gasteiger partial charge on any atom is 0.139 e. The number of aryl methyl sites for hydroxylation is 4. The van der Waals surface area contributed by atoms with Crippen molar-refractivity contribution < 1.29 is 20.1 Å². The van der Waals surface area contributed by atoms with Gasteiger partial charge >= 0.3 is 0 Å². The summed E-state index contributed by atoms with van der Waals surface area (Å²) < 4.78 is 6.12. The molecule has 0 atom stereocenters. The first-order chi connectivity index (χ1) is 15.8. The molecule has 0 bridgehead atoms. The van der Waals surface area contributed by atoms with Crippen molar-refractivity contribution in [1.29, 1.82) is 0 Å². The summed E-state index contributed by atoms with van der Waals surface area (Å²) in [6.07, 6.45) is 0. The van der Waals surface area contributed by atoms with Crippen molar-refractivity contribution in [2.24, 2.45) is 0 Å². The number of aromatic hydroxyl groups is 3. The number of rotatable bonds is 5. The highest BCUT2D eigenvalue weighted by molar-refractivity contribution is 5.86. The van der Waals surface area contributed by atoms with Gasteiger partial charge in [0.25, 0.3) is 0 Å². The monoisotopic (exact) mass is 441 g/mol. The summed E-state index contributed by atoms with van der Waals surface area (Å²) in [5.41, 5.74) is 5.24. The summed E-state index contributed by atoms with van der Waals surface area (Å²) in [6.45, 7) is 7.59. The Morgan fingerprint density at radius 1 is 0.576 bits per heavy atom. The van der Waals surface area contributed by atoms with Gasteiger partial charge in [0.1, 0.15) is 28.7 Å². The highest BCUT2D eigenvalue weighted by Gasteiger charge is 2.23. The van der Waals surface area contributed by atoms with E-state index in [-0.39, 0.29) is 17.2 Å². The highest BCUT2D eigenvalue weighted by Crippen LogP contribution is 2.47. The zero-order valence-electron chi connectivity index (χ0n) is 19.1. The predicted molar refractivity (Wildman–Crippen MR) is 132 cm³/mol. The molecule has 0 spiro atoms. The Morgan fingerprint density at radius 3 is 1.73 bits per heavy atom. The van der Waals surface area contributed by atoms with Crippen molar-refractivity contribution in [1.82, 2.24) is 0 Å². The molecule has 3 N–H and O–H groups in total. The second-order valence-corrected chi connectivity index (χ2v) is 8.22. The first kappa shape index (κ1) is 22.1. The number of ether oxygens (including phenoxy) is 1. The average Bonchev–Trinajstić information content (AvgIpc) is 2.76. The SMILES string of the molecule is Cc1cc(C)c(Oc2cccc(N(c3c(C)cccc3O)c3c(C)cccc3O)c2)cc1O. The minimum Gasteiger partial charge on any atom is -0.508 e. The fourth-order valence-corrected chi connectivity index (χ4v) is 3.98. The lowest BCUT2D eigenvalue weighted by molar-refractivity contribution is 0.450. The number of anilines is 3. The molecule has 0 aliphatic carbocycles. The summed E-state index contributed by atoms with van der Waals surface area (Å²) >= 11 is 0. The number of benzene rings is 4. The van der Waals surface area contributed by atoms with Gasteiger partial charge in [-0.05, 0) is 80.3 Å². The van der Waals surface area contributed by atoms with E-state index in [1.54, 1.807) is 30.3 Å². The van der Waals surface area contributed by atoms with E-state index in [2.05, 4.69) is 0 Å². The van der Waals surface area contributed by atoms with Gasteiger partial charge < -0.3 is 25.0 Å². The summed E-state index contributed by atoms with van der Waals surface area (Å²) in [6, 6.07) is 21.6. The molecule has 0 radical (unpaired) electrons. The van der Waals surface area contributed by atoms with Gasteiger partial charge in [0.05, 0.1) is 17.1 Å². The van der Waals surface area contributed by atoms with Gasteiger partial charge in [-0.25, -0.2) is 0 Å². The quantitative estimate of drug-likeness (QED) is 0.303. The van der Waals surface area contributed by atoms with E-state index in [0.717, 1.165) is 22.3 Å². The van der Waals surface area contributed by atoms with Gasteiger partial charge in [0, 0.05) is 12.1 Å². The molecule has 0 unspecified atom stereocenters. The molecule has 0 amide bonds. The zero-order valence-corrected chi connectivity index (χ0v) is 19.1. The topological polar surface area (TPSA) is 73.2 Å². The minimum atomic E-state index is 0.100. The molecule has 168 valence electrons. The van der Waals surface area contributed by atoms with Gasteiger partial charge in [-0.15, -0.1) is 0 Å². The Bertz CT molecular complexity index is 1240. The van der Waals surface area contributed by atoms with Crippen molar-refractivity contribution in [3.05, 3.63) is 95.1 Å². The lowest BCUT2D eigenvalue weighted by atomic mass is 10.1. The van der Waals surface area contributed by atoms with E-state index >= 15 is 0 Å². The molecular formula is C28H27NO4. The van der Waals surface area contributed by atoms with Crippen LogP contribution in [0.3, 0.4) is 0 Å². The van der Waals surface area contributed by atoms with Crippen LogP contribution in [0.2, 0.25) is 0 Å². The molecule has 5 nitrogen and oxygen atoms in total. The Kier molecular flexibility index (Phi) is 5.88. The number of para-hydroxylation sites is 2. The molecule has 4 aromatic carbocycles. The largest absolute Gasteiger partial charge is 0.508 e. The molecule has 0 aliphatic heterocycles. The minimum absolute atomic E-state index is 0.100. The van der Waals surface area contributed by atoms with E-state index in [4.69, 9.17) is 4.74 Å². The second-order valence-electron chi connectivity index (χ2n) is 8.22. The maximum absolute atomic E-state index is 10.8. The van der Waals surface area contributed by atoms with Crippen LogP contribution in [0.1, 0.15) is 22.3 Å². The first-order valence-electron chi connectivity index (χ1n) is 10.7. The Hall–Kier alpha value is -4.12. The third-order valence-electron chi connectivity index (χ3n) is 5.68. The molecule has 33 heavy (non-hydrogen) atoms. The van der Waals surface area contributed by atoms with Crippen LogP contribution >= 0.6 is 0 Å². The van der Waals surface area contributed by atoms with Crippen LogP contribution in [0.15, 0.2) is 72.8 Å². The van der Waals surface area contributed by atoms with Crippen molar-refractivity contribution in [2.45, 2.75) is 27.7 Å². The predicted octanol–water partition coefficient (Wildman–Crippen LogP) is 7.30. The molecule has 5 heteroatoms. The van der Waals surface area contributed by atoms with E-state index in [9.17, 15) is 15.3 Å². The van der Waals surface area contributed by atoms with Crippen LogP contribution in [0.4, 0.5) is 17.1 Å². The standard InChI is InChI=1S/C28H27NO4/c1-17-8-5-12-23(30)27(17)29(28-18(2)9-6-13-24(28)31)21-10-7-11-22(15-21)33-26-16-25(32)19(3)14-20(26)4/h5-16,30-32H,1-4H3. The van der Waals surface area contributed by atoms with Crippen LogP contribution in [-0.4, -0.2) is 15.3 Å². The molecule has 0 fully saturated rings. The van der Waals surface area contributed by atoms with Gasteiger partial charge in [-0.1, -0.05) is 30.3 Å². The molecule has 4 aromatic rings. The number of hydrogen-bond acceptors (Lipinski definition) is 5. The van der Waals surface area contributed by atoms with Crippen molar-refractivity contribution >= 4 is 17.1 Å². The summed E-state index contributed by atoms with van der Waals surface area (Å²) in [7, 11) is 0. The van der Waals surface area contributed by atoms with Crippen molar-refractivity contribution in [2.75, 3.05) is 4.90 Å². The van der Waals surface area contributed by atoms with Crippen LogP contribution in [0.25, 0.3) is 0 Å². The van der Waals surface area contributed by atoms with E-state index in [1.807, 2.05) is 75.1 Å². The number of hydrogen-bond donors (Lipinski definition) is 3. The van der Waals surface area contributed by atoms with E-state index in [0.29, 0.717) is 28.6 Å². The Balaban J connectivity index is 1.87. The van der Waals surface area contributed by atoms with Gasteiger partial charge in [0.15, 0.2) is 0 Å². The fourth-order valence-electron chi connectivity index (χ4n) is 3.98. The molecule has 0 aromatic heterocycles. The van der Waals surface area contributed by atoms with Crippen molar-refractivity contribution in [3.8, 4) is 28.7 Å². The molecule has 0 saturated heterocycles. The molecule has 0 heterocycles. The van der Waals surface area contributed by atoms with E-state index in [1.165, 1.54) is 0 Å². The van der Waals surface area contributed by atoms with E-state index < -0.39 is 0 Å². The van der Waals surface area contributed by atoms with Crippen LogP contribution < -0.4 is 9.64 Å². The molecule has 0 aliphatic rings. The lowest BCUT2D eigenvalue weighted by Crippen LogP contribution is -2.13. The van der Waals surface area contributed by atoms with Gasteiger partial charge in [-0.2, -0.15) is 0 Å². The number of nitrogens with zero attached hydrogens (tertiary/aromatic N) is 1. The van der Waals surface area contributed by atoms with Gasteiger partial charge in [0.2, 0.25) is 0 Å². The molecule has 0 saturated carbocycles. The van der Waals surface area contributed by atoms with Crippen LogP contribution in [0, 0.1) is 27.7 Å². The lowest BCUT2D eigenvalue weighted by Gasteiger charge is -2.29. The first-order valence-corrected chi connectivity index (χ1v) is 10.7. The maximum atomic E-state index is 10.8. The van der Waals surface area contributed by atoms with Gasteiger partial charge in [-0.3, -0.25) is 0 Å². The smallest absolute Gasteiger partial charge is 0.139 e. The number of phenols is 3. The summed E-state index contributed by atoms with van der Waals surface area (Å²) in [5.74, 6) is 1.49. The highest BCUT2D eigenvalue weighted by atomic mass is 16.5. The summed E-state index contributed by atoms with van der Waals surface area (Å²) in [4.78, 5) is 1.83. The van der Waals surface area contributed by atoms with Crippen molar-refractivity contribution in [3.63, 3.8) is 0 Å². The average molecular weight is 442 g/mol. The normalized spacial score (nSPS) is 10.8. The zero-order chi connectivity index (χ0) is 23.7. The Labute approximate surface area is 193 Å². The summed E-state index contributed by atoms with van der Waals surface area (Å²) in [5, 5.41) is 31.7. The Morgan fingerprint density at radius 2 is 1.15 bits per heavy atom. The third kappa shape index (κ3) is 4.30. The number of phenolic OH excluding ortho intramolecular Hbond substituents is 3. The molecular weight excluding hydrogens is 414 g/mol. The second kappa shape index (κ2) is 8.79. The third-order valence-corrected chi connectivity index (χ3v) is 5.68. The molecule has 4 rings (SSSR count).